The third kappa shape index (κ3) is 2.44. The van der Waals surface area contributed by atoms with E-state index >= 15 is 0 Å². The lowest BCUT2D eigenvalue weighted by atomic mass is 9.96. The zero-order valence-corrected chi connectivity index (χ0v) is 13.7. The van der Waals surface area contributed by atoms with E-state index in [2.05, 4.69) is 36.8 Å². The Morgan fingerprint density at radius 2 is 2.10 bits per heavy atom. The molecule has 1 aliphatic rings. The van der Waals surface area contributed by atoms with Crippen LogP contribution >= 0.6 is 11.6 Å². The Hall–Kier alpha value is -1.48. The van der Waals surface area contributed by atoms with Crippen LogP contribution in [0.15, 0.2) is 18.2 Å². The molecule has 0 bridgehead atoms. The van der Waals surface area contributed by atoms with Crippen molar-refractivity contribution in [2.24, 2.45) is 0 Å². The van der Waals surface area contributed by atoms with Crippen molar-refractivity contribution >= 4 is 17.4 Å². The predicted molar refractivity (Wildman–Crippen MR) is 88.8 cm³/mol. The first-order valence-corrected chi connectivity index (χ1v) is 8.15. The van der Waals surface area contributed by atoms with Gasteiger partial charge in [0.25, 0.3) is 0 Å². The van der Waals surface area contributed by atoms with E-state index in [1.807, 2.05) is 12.1 Å². The van der Waals surface area contributed by atoms with Crippen molar-refractivity contribution in [3.8, 4) is 5.69 Å². The molecule has 21 heavy (non-hydrogen) atoms. The first kappa shape index (κ1) is 14.5. The lowest BCUT2D eigenvalue weighted by Gasteiger charge is -2.11. The van der Waals surface area contributed by atoms with Crippen molar-refractivity contribution in [1.29, 1.82) is 0 Å². The quantitative estimate of drug-likeness (QED) is 0.887. The third-order valence-electron chi connectivity index (χ3n) is 4.44. The number of fused-ring (bicyclic) bond motifs is 1. The Balaban J connectivity index is 2.13. The molecule has 0 atom stereocenters. The van der Waals surface area contributed by atoms with Crippen molar-refractivity contribution in [3.05, 3.63) is 40.0 Å². The van der Waals surface area contributed by atoms with E-state index in [1.54, 1.807) is 0 Å². The molecule has 4 heteroatoms. The van der Waals surface area contributed by atoms with Gasteiger partial charge in [-0.2, -0.15) is 5.10 Å². The lowest BCUT2D eigenvalue weighted by molar-refractivity contribution is 0.607. The summed E-state index contributed by atoms with van der Waals surface area (Å²) in [7, 11) is 0. The van der Waals surface area contributed by atoms with Crippen LogP contribution in [0.1, 0.15) is 49.4 Å². The molecule has 0 amide bonds. The molecule has 0 fully saturated rings. The Labute approximate surface area is 131 Å². The Bertz CT molecular complexity index is 656. The topological polar surface area (TPSA) is 29.9 Å². The minimum atomic E-state index is 0.549. The maximum atomic E-state index is 6.08. The highest BCUT2D eigenvalue weighted by Gasteiger charge is 2.26. The summed E-state index contributed by atoms with van der Waals surface area (Å²) in [4.78, 5) is 0. The summed E-state index contributed by atoms with van der Waals surface area (Å²) in [6.07, 6.45) is 3.35. The molecule has 0 saturated heterocycles. The molecule has 3 nitrogen and oxygen atoms in total. The van der Waals surface area contributed by atoms with Gasteiger partial charge in [-0.05, 0) is 49.9 Å². The number of anilines is 1. The number of benzene rings is 1. The molecule has 3 rings (SSSR count). The smallest absolute Gasteiger partial charge is 0.133 e. The number of aryl methyl sites for hydroxylation is 1. The molecule has 1 N–H and O–H groups in total. The fourth-order valence-corrected chi connectivity index (χ4v) is 3.46. The van der Waals surface area contributed by atoms with Crippen LogP contribution in [0.25, 0.3) is 5.69 Å². The Morgan fingerprint density at radius 3 is 2.76 bits per heavy atom. The van der Waals surface area contributed by atoms with E-state index in [9.17, 15) is 0 Å². The summed E-state index contributed by atoms with van der Waals surface area (Å²) >= 11 is 6.08. The van der Waals surface area contributed by atoms with Crippen molar-refractivity contribution < 1.29 is 0 Å². The molecular formula is C17H22ClN3. The van der Waals surface area contributed by atoms with Gasteiger partial charge in [-0.25, -0.2) is 4.68 Å². The standard InChI is InChI=1S/C17H22ClN3/c1-4-12(5-2)16-14-8-9-19-17(14)21(20-16)15-7-6-13(18)10-11(15)3/h6-7,10,12,19H,4-5,8-9H2,1-3H3. The SMILES string of the molecule is CCC(CC)c1nn(-c2ccc(Cl)cc2C)c2c1CCN2. The van der Waals surface area contributed by atoms with Gasteiger partial charge in [0.15, 0.2) is 0 Å². The number of nitrogens with zero attached hydrogens (tertiary/aromatic N) is 2. The van der Waals surface area contributed by atoms with Crippen LogP contribution in [0.4, 0.5) is 5.82 Å². The second-order valence-electron chi connectivity index (χ2n) is 5.75. The molecule has 0 saturated carbocycles. The van der Waals surface area contributed by atoms with Gasteiger partial charge in [-0.15, -0.1) is 0 Å². The summed E-state index contributed by atoms with van der Waals surface area (Å²) in [5, 5.41) is 9.22. The molecule has 0 radical (unpaired) electrons. The van der Waals surface area contributed by atoms with E-state index in [4.69, 9.17) is 16.7 Å². The highest BCUT2D eigenvalue weighted by atomic mass is 35.5. The highest BCUT2D eigenvalue weighted by molar-refractivity contribution is 6.30. The molecule has 0 spiro atoms. The van der Waals surface area contributed by atoms with Gasteiger partial charge in [0.05, 0.1) is 11.4 Å². The number of hydrogen-bond acceptors (Lipinski definition) is 2. The average Bonchev–Trinajstić information content (AvgIpc) is 3.04. The van der Waals surface area contributed by atoms with Crippen LogP contribution in [0, 0.1) is 6.92 Å². The first-order valence-electron chi connectivity index (χ1n) is 7.77. The second kappa shape index (κ2) is 5.72. The molecule has 0 unspecified atom stereocenters. The number of hydrogen-bond donors (Lipinski definition) is 1. The highest BCUT2D eigenvalue weighted by Crippen LogP contribution is 2.35. The minimum absolute atomic E-state index is 0.549. The maximum Gasteiger partial charge on any atom is 0.133 e. The number of halogens is 1. The van der Waals surface area contributed by atoms with Crippen LogP contribution < -0.4 is 5.32 Å². The Kier molecular flexibility index (Phi) is 3.94. The zero-order chi connectivity index (χ0) is 15.0. The molecule has 112 valence electrons. The molecule has 1 aromatic heterocycles. The molecule has 1 aromatic carbocycles. The van der Waals surface area contributed by atoms with Gasteiger partial charge in [0.2, 0.25) is 0 Å². The van der Waals surface area contributed by atoms with Crippen LogP contribution in [0.5, 0.6) is 0 Å². The first-order chi connectivity index (χ1) is 10.2. The van der Waals surface area contributed by atoms with Crippen LogP contribution in [0.2, 0.25) is 5.02 Å². The zero-order valence-electron chi connectivity index (χ0n) is 12.9. The van der Waals surface area contributed by atoms with Crippen molar-refractivity contribution in [2.45, 2.75) is 46.0 Å². The van der Waals surface area contributed by atoms with Crippen molar-refractivity contribution in [2.75, 3.05) is 11.9 Å². The molecular weight excluding hydrogens is 282 g/mol. The number of aromatic nitrogens is 2. The third-order valence-corrected chi connectivity index (χ3v) is 4.68. The Morgan fingerprint density at radius 1 is 1.33 bits per heavy atom. The van der Waals surface area contributed by atoms with Crippen molar-refractivity contribution in [3.63, 3.8) is 0 Å². The summed E-state index contributed by atoms with van der Waals surface area (Å²) in [5.74, 6) is 1.72. The molecule has 1 aliphatic heterocycles. The van der Waals surface area contributed by atoms with E-state index in [1.165, 1.54) is 17.1 Å². The average molecular weight is 304 g/mol. The van der Waals surface area contributed by atoms with E-state index in [0.717, 1.165) is 42.1 Å². The van der Waals surface area contributed by atoms with Crippen LogP contribution in [-0.2, 0) is 6.42 Å². The number of nitrogens with one attached hydrogen (secondary N) is 1. The molecule has 2 aromatic rings. The minimum Gasteiger partial charge on any atom is -0.369 e. The summed E-state index contributed by atoms with van der Waals surface area (Å²) in [5.41, 5.74) is 4.94. The summed E-state index contributed by atoms with van der Waals surface area (Å²) in [6, 6.07) is 5.99. The monoisotopic (exact) mass is 303 g/mol. The van der Waals surface area contributed by atoms with Gasteiger partial charge in [0.1, 0.15) is 5.82 Å². The lowest BCUT2D eigenvalue weighted by Crippen LogP contribution is -2.07. The molecule has 2 heterocycles. The fraction of sp³-hybridized carbons (Fsp3) is 0.471. The normalized spacial score (nSPS) is 13.6. The van der Waals surface area contributed by atoms with E-state index < -0.39 is 0 Å². The molecule has 0 aliphatic carbocycles. The largest absolute Gasteiger partial charge is 0.369 e. The fourth-order valence-electron chi connectivity index (χ4n) is 3.24. The van der Waals surface area contributed by atoms with Gasteiger partial charge in [-0.3, -0.25) is 0 Å². The van der Waals surface area contributed by atoms with Crippen LogP contribution in [0.3, 0.4) is 0 Å². The van der Waals surface area contributed by atoms with E-state index in [0.29, 0.717) is 5.92 Å². The van der Waals surface area contributed by atoms with Crippen molar-refractivity contribution in [1.82, 2.24) is 9.78 Å². The van der Waals surface area contributed by atoms with Gasteiger partial charge >= 0.3 is 0 Å². The summed E-state index contributed by atoms with van der Waals surface area (Å²) in [6.45, 7) is 7.58. The van der Waals surface area contributed by atoms with Gasteiger partial charge in [0, 0.05) is 23.0 Å². The predicted octanol–water partition coefficient (Wildman–Crippen LogP) is 4.71. The number of rotatable bonds is 4. The second-order valence-corrected chi connectivity index (χ2v) is 6.18. The van der Waals surface area contributed by atoms with Crippen LogP contribution in [-0.4, -0.2) is 16.3 Å². The van der Waals surface area contributed by atoms with E-state index in [-0.39, 0.29) is 0 Å². The van der Waals surface area contributed by atoms with Gasteiger partial charge < -0.3 is 5.32 Å². The maximum absolute atomic E-state index is 6.08. The van der Waals surface area contributed by atoms with Gasteiger partial charge in [-0.1, -0.05) is 25.4 Å². The summed E-state index contributed by atoms with van der Waals surface area (Å²) < 4.78 is 2.07.